The third-order valence-electron chi connectivity index (χ3n) is 4.91. The van der Waals surface area contributed by atoms with Gasteiger partial charge in [0.2, 0.25) is 5.91 Å². The van der Waals surface area contributed by atoms with Gasteiger partial charge in [0.1, 0.15) is 12.2 Å². The highest BCUT2D eigenvalue weighted by Crippen LogP contribution is 2.27. The summed E-state index contributed by atoms with van der Waals surface area (Å²) in [5.41, 5.74) is 5.53. The minimum absolute atomic E-state index is 0.0290. The van der Waals surface area contributed by atoms with Crippen LogP contribution in [0.1, 0.15) is 5.69 Å². The molecule has 1 amide bonds. The van der Waals surface area contributed by atoms with Gasteiger partial charge >= 0.3 is 0 Å². The van der Waals surface area contributed by atoms with Crippen molar-refractivity contribution >= 4 is 22.6 Å². The summed E-state index contributed by atoms with van der Waals surface area (Å²) >= 11 is 0. The summed E-state index contributed by atoms with van der Waals surface area (Å²) in [5, 5.41) is 8.10. The summed E-state index contributed by atoms with van der Waals surface area (Å²) < 4.78 is 1.59. The molecule has 5 aromatic heterocycles. The van der Waals surface area contributed by atoms with Crippen LogP contribution < -0.4 is 5.32 Å². The van der Waals surface area contributed by atoms with E-state index >= 15 is 0 Å². The zero-order valence-electron chi connectivity index (χ0n) is 17.2. The van der Waals surface area contributed by atoms with Crippen LogP contribution in [0, 0.1) is 6.92 Å². The lowest BCUT2D eigenvalue weighted by molar-refractivity contribution is -0.116. The topological polar surface area (TPSA) is 111 Å². The Morgan fingerprint density at radius 2 is 1.81 bits per heavy atom. The molecule has 0 aliphatic heterocycles. The number of carbonyl (C=O) groups excluding carboxylic acids is 1. The molecule has 0 unspecified atom stereocenters. The van der Waals surface area contributed by atoms with Gasteiger partial charge in [0.05, 0.1) is 30.0 Å². The molecule has 0 spiro atoms. The fourth-order valence-corrected chi connectivity index (χ4v) is 3.45. The average Bonchev–Trinajstić information content (AvgIpc) is 3.23. The smallest absolute Gasteiger partial charge is 0.246 e. The van der Waals surface area contributed by atoms with Gasteiger partial charge in [0, 0.05) is 35.9 Å². The number of aryl methyl sites for hydroxylation is 1. The van der Waals surface area contributed by atoms with E-state index in [-0.39, 0.29) is 12.5 Å². The number of rotatable bonds is 5. The molecule has 0 saturated carbocycles. The number of hydrogen-bond donors (Lipinski definition) is 1. The Balaban J connectivity index is 1.34. The van der Waals surface area contributed by atoms with Crippen LogP contribution in [0.25, 0.3) is 33.5 Å². The maximum Gasteiger partial charge on any atom is 0.246 e. The molecule has 0 atom stereocenters. The Bertz CT molecular complexity index is 1400. The number of nitrogens with zero attached hydrogens (tertiary/aromatic N) is 7. The molecule has 0 radical (unpaired) electrons. The lowest BCUT2D eigenvalue weighted by Gasteiger charge is -2.07. The van der Waals surface area contributed by atoms with Gasteiger partial charge < -0.3 is 5.32 Å². The minimum atomic E-state index is -0.226. The lowest BCUT2D eigenvalue weighted by atomic mass is 10.0. The van der Waals surface area contributed by atoms with Crippen molar-refractivity contribution in [2.75, 3.05) is 5.32 Å². The third-order valence-corrected chi connectivity index (χ3v) is 4.91. The zero-order valence-corrected chi connectivity index (χ0v) is 17.2. The minimum Gasteiger partial charge on any atom is -0.323 e. The summed E-state index contributed by atoms with van der Waals surface area (Å²) in [5.74, 6) is -0.226. The van der Waals surface area contributed by atoms with Gasteiger partial charge in [-0.3, -0.25) is 24.7 Å². The fraction of sp³-hybridized carbons (Fsp3) is 0.0870. The molecule has 9 heteroatoms. The molecule has 5 aromatic rings. The van der Waals surface area contributed by atoms with Gasteiger partial charge in [-0.25, -0.2) is 9.67 Å². The molecule has 156 valence electrons. The molecule has 1 N–H and O–H groups in total. The van der Waals surface area contributed by atoms with Gasteiger partial charge in [-0.1, -0.05) is 0 Å². The maximum absolute atomic E-state index is 12.6. The first-order chi connectivity index (χ1) is 15.7. The molecular weight excluding hydrogens is 404 g/mol. The molecule has 0 fully saturated rings. The largest absolute Gasteiger partial charge is 0.323 e. The van der Waals surface area contributed by atoms with E-state index in [2.05, 4.69) is 35.3 Å². The van der Waals surface area contributed by atoms with E-state index in [1.165, 1.54) is 0 Å². The van der Waals surface area contributed by atoms with Gasteiger partial charge in [-0.05, 0) is 48.4 Å². The normalized spacial score (nSPS) is 10.9. The Morgan fingerprint density at radius 1 is 0.906 bits per heavy atom. The Labute approximate surface area is 183 Å². The fourth-order valence-electron chi connectivity index (χ4n) is 3.45. The van der Waals surface area contributed by atoms with Crippen molar-refractivity contribution in [1.29, 1.82) is 0 Å². The molecule has 5 heterocycles. The number of amides is 1. The van der Waals surface area contributed by atoms with Crippen molar-refractivity contribution in [3.05, 3.63) is 79.4 Å². The predicted molar refractivity (Wildman–Crippen MR) is 119 cm³/mol. The first kappa shape index (κ1) is 19.4. The van der Waals surface area contributed by atoms with Crippen molar-refractivity contribution in [3.63, 3.8) is 0 Å². The van der Waals surface area contributed by atoms with Gasteiger partial charge in [0.25, 0.3) is 0 Å². The van der Waals surface area contributed by atoms with Crippen molar-refractivity contribution < 1.29 is 4.79 Å². The number of anilines is 1. The molecule has 0 aliphatic rings. The number of hydrogen-bond acceptors (Lipinski definition) is 7. The lowest BCUT2D eigenvalue weighted by Crippen LogP contribution is -2.19. The van der Waals surface area contributed by atoms with E-state index in [1.54, 1.807) is 60.2 Å². The summed E-state index contributed by atoms with van der Waals surface area (Å²) in [7, 11) is 0. The molecule has 9 nitrogen and oxygen atoms in total. The quantitative estimate of drug-likeness (QED) is 0.462. The van der Waals surface area contributed by atoms with Crippen LogP contribution in [0.15, 0.2) is 73.7 Å². The van der Waals surface area contributed by atoms with Crippen molar-refractivity contribution in [2.45, 2.75) is 13.5 Å². The second kappa shape index (κ2) is 8.31. The van der Waals surface area contributed by atoms with Crippen molar-refractivity contribution in [1.82, 2.24) is 34.7 Å². The highest BCUT2D eigenvalue weighted by molar-refractivity contribution is 5.94. The second-order valence-electron chi connectivity index (χ2n) is 7.15. The number of nitrogens with one attached hydrogen (secondary N) is 1. The van der Waals surface area contributed by atoms with E-state index in [1.807, 2.05) is 25.1 Å². The van der Waals surface area contributed by atoms with E-state index < -0.39 is 0 Å². The molecule has 5 rings (SSSR count). The zero-order chi connectivity index (χ0) is 21.9. The maximum atomic E-state index is 12.6. The van der Waals surface area contributed by atoms with Crippen LogP contribution in [0.4, 0.5) is 5.69 Å². The highest BCUT2D eigenvalue weighted by Gasteiger charge is 2.13. The third kappa shape index (κ3) is 3.91. The SMILES string of the molecule is Cc1cc(-c2ccnc3c2cnn3CC(=O)Nc2ccc(-c3cnccn3)nc2)ccn1. The van der Waals surface area contributed by atoms with Crippen molar-refractivity contribution in [2.24, 2.45) is 0 Å². The highest BCUT2D eigenvalue weighted by atomic mass is 16.2. The van der Waals surface area contributed by atoms with Crippen LogP contribution >= 0.6 is 0 Å². The summed E-state index contributed by atoms with van der Waals surface area (Å²) in [6.07, 6.45) is 11.7. The van der Waals surface area contributed by atoms with E-state index in [4.69, 9.17) is 0 Å². The van der Waals surface area contributed by atoms with Gasteiger partial charge in [-0.2, -0.15) is 5.10 Å². The van der Waals surface area contributed by atoms with Crippen LogP contribution in [-0.2, 0) is 11.3 Å². The second-order valence-corrected chi connectivity index (χ2v) is 7.15. The van der Waals surface area contributed by atoms with Crippen molar-refractivity contribution in [3.8, 4) is 22.5 Å². The Hall–Kier alpha value is -4.53. The predicted octanol–water partition coefficient (Wildman–Crippen LogP) is 3.29. The summed E-state index contributed by atoms with van der Waals surface area (Å²) in [6.45, 7) is 1.98. The molecule has 32 heavy (non-hydrogen) atoms. The number of pyridine rings is 3. The Kier molecular flexibility index (Phi) is 5.04. The van der Waals surface area contributed by atoms with E-state index in [0.29, 0.717) is 22.7 Å². The average molecular weight is 422 g/mol. The van der Waals surface area contributed by atoms with Crippen LogP contribution in [-0.4, -0.2) is 40.6 Å². The van der Waals surface area contributed by atoms with E-state index in [9.17, 15) is 4.79 Å². The monoisotopic (exact) mass is 422 g/mol. The number of fused-ring (bicyclic) bond motifs is 1. The summed E-state index contributed by atoms with van der Waals surface area (Å²) in [4.78, 5) is 33.9. The molecule has 0 saturated heterocycles. The number of aromatic nitrogens is 7. The number of carbonyl (C=O) groups is 1. The van der Waals surface area contributed by atoms with Crippen LogP contribution in [0.5, 0.6) is 0 Å². The van der Waals surface area contributed by atoms with Gasteiger partial charge in [0.15, 0.2) is 5.65 Å². The molecule has 0 aliphatic carbocycles. The van der Waals surface area contributed by atoms with Crippen LogP contribution in [0.3, 0.4) is 0 Å². The molecular formula is C23H18N8O. The first-order valence-corrected chi connectivity index (χ1v) is 9.93. The van der Waals surface area contributed by atoms with E-state index in [0.717, 1.165) is 22.2 Å². The first-order valence-electron chi connectivity index (χ1n) is 9.93. The van der Waals surface area contributed by atoms with Gasteiger partial charge in [-0.15, -0.1) is 0 Å². The Morgan fingerprint density at radius 3 is 2.59 bits per heavy atom. The standard InChI is InChI=1S/C23H18N8O/c1-15-10-16(4-6-25-15)18-5-7-27-23-19(18)12-29-31(23)14-22(32)30-17-2-3-20(28-11-17)21-13-24-8-9-26-21/h2-13H,14H2,1H3,(H,30,32). The summed E-state index contributed by atoms with van der Waals surface area (Å²) in [6, 6.07) is 9.46. The molecule has 0 aromatic carbocycles. The van der Waals surface area contributed by atoms with Crippen LogP contribution in [0.2, 0.25) is 0 Å². The molecule has 0 bridgehead atoms.